The minimum Gasteiger partial charge on any atom is -0.355 e. The maximum absolute atomic E-state index is 11.7. The van der Waals surface area contributed by atoms with Crippen molar-refractivity contribution in [2.75, 3.05) is 6.54 Å². The number of amides is 1. The van der Waals surface area contributed by atoms with Crippen LogP contribution in [0.15, 0.2) is 43.0 Å². The van der Waals surface area contributed by atoms with Gasteiger partial charge in [-0.05, 0) is 11.5 Å². The number of rotatable bonds is 6. The van der Waals surface area contributed by atoms with Crippen LogP contribution < -0.4 is 5.32 Å². The molecule has 5 heteroatoms. The third-order valence-corrected chi connectivity index (χ3v) is 3.01. The van der Waals surface area contributed by atoms with Crippen LogP contribution in [-0.4, -0.2) is 27.2 Å². The summed E-state index contributed by atoms with van der Waals surface area (Å²) >= 11 is 0. The highest BCUT2D eigenvalue weighted by molar-refractivity contribution is 5.75. The molecular formula is C14H18N4O. The molecule has 100 valence electrons. The number of nitrogens with zero attached hydrogens (tertiary/aromatic N) is 3. The van der Waals surface area contributed by atoms with E-state index in [4.69, 9.17) is 0 Å². The summed E-state index contributed by atoms with van der Waals surface area (Å²) in [6.07, 6.45) is 3.50. The van der Waals surface area contributed by atoms with Gasteiger partial charge in [-0.2, -0.15) is 5.10 Å². The molecule has 2 aromatic rings. The van der Waals surface area contributed by atoms with Crippen molar-refractivity contribution < 1.29 is 4.79 Å². The Kier molecular flexibility index (Phi) is 4.66. The second kappa shape index (κ2) is 6.68. The quantitative estimate of drug-likeness (QED) is 0.856. The van der Waals surface area contributed by atoms with E-state index in [1.165, 1.54) is 11.9 Å². The summed E-state index contributed by atoms with van der Waals surface area (Å²) in [4.78, 5) is 15.5. The van der Waals surface area contributed by atoms with Crippen molar-refractivity contribution in [3.63, 3.8) is 0 Å². The fraction of sp³-hybridized carbons (Fsp3) is 0.357. The summed E-state index contributed by atoms with van der Waals surface area (Å²) in [6, 6.07) is 10.2. The number of hydrogen-bond acceptors (Lipinski definition) is 3. The second-order valence-electron chi connectivity index (χ2n) is 4.52. The minimum atomic E-state index is 0.0401. The van der Waals surface area contributed by atoms with Crippen LogP contribution in [0, 0.1) is 0 Å². The van der Waals surface area contributed by atoms with E-state index in [0.717, 1.165) is 0 Å². The fourth-order valence-electron chi connectivity index (χ4n) is 1.82. The Bertz CT molecular complexity index is 495. The standard InChI is InChI=1S/C14H18N4O/c1-12(13-5-3-2-4-6-13)9-16-14(19)7-8-18-11-15-10-17-18/h2-6,10-12H,7-9H2,1H3,(H,16,19)/t12-/m0/s1. The van der Waals surface area contributed by atoms with Crippen molar-refractivity contribution in [1.82, 2.24) is 20.1 Å². The van der Waals surface area contributed by atoms with Gasteiger partial charge < -0.3 is 5.32 Å². The number of carbonyl (C=O) groups excluding carboxylic acids is 1. The van der Waals surface area contributed by atoms with Gasteiger partial charge in [0.2, 0.25) is 5.91 Å². The first kappa shape index (κ1) is 13.3. The van der Waals surface area contributed by atoms with Gasteiger partial charge in [0.15, 0.2) is 0 Å². The summed E-state index contributed by atoms with van der Waals surface area (Å²) in [6.45, 7) is 3.32. The molecule has 0 fully saturated rings. The van der Waals surface area contributed by atoms with Crippen LogP contribution in [0.3, 0.4) is 0 Å². The molecule has 0 saturated carbocycles. The molecule has 0 aliphatic heterocycles. The maximum Gasteiger partial charge on any atom is 0.221 e. The van der Waals surface area contributed by atoms with Gasteiger partial charge in [-0.1, -0.05) is 37.3 Å². The van der Waals surface area contributed by atoms with Crippen LogP contribution in [0.4, 0.5) is 0 Å². The van der Waals surface area contributed by atoms with Gasteiger partial charge in [0, 0.05) is 13.0 Å². The van der Waals surface area contributed by atoms with Crippen molar-refractivity contribution >= 4 is 5.91 Å². The van der Waals surface area contributed by atoms with Gasteiger partial charge in [0.25, 0.3) is 0 Å². The molecule has 1 amide bonds. The number of benzene rings is 1. The molecule has 0 spiro atoms. The van der Waals surface area contributed by atoms with Crippen molar-refractivity contribution in [3.05, 3.63) is 48.5 Å². The van der Waals surface area contributed by atoms with E-state index in [1.54, 1.807) is 11.0 Å². The molecule has 0 bridgehead atoms. The second-order valence-corrected chi connectivity index (χ2v) is 4.52. The molecule has 0 aliphatic rings. The Labute approximate surface area is 112 Å². The predicted octanol–water partition coefficient (Wildman–Crippen LogP) is 1.59. The molecule has 1 heterocycles. The van der Waals surface area contributed by atoms with E-state index in [0.29, 0.717) is 25.4 Å². The summed E-state index contributed by atoms with van der Waals surface area (Å²) in [5, 5.41) is 6.90. The van der Waals surface area contributed by atoms with E-state index in [2.05, 4.69) is 34.5 Å². The first-order valence-corrected chi connectivity index (χ1v) is 6.40. The molecule has 1 aromatic carbocycles. The Morgan fingerprint density at radius 1 is 1.37 bits per heavy atom. The Morgan fingerprint density at radius 3 is 2.84 bits per heavy atom. The van der Waals surface area contributed by atoms with Crippen LogP contribution in [0.5, 0.6) is 0 Å². The highest BCUT2D eigenvalue weighted by Crippen LogP contribution is 2.12. The predicted molar refractivity (Wildman–Crippen MR) is 72.5 cm³/mol. The molecule has 1 atom stereocenters. The van der Waals surface area contributed by atoms with Crippen LogP contribution in [0.1, 0.15) is 24.8 Å². The Morgan fingerprint density at radius 2 is 2.16 bits per heavy atom. The lowest BCUT2D eigenvalue weighted by Gasteiger charge is -2.13. The molecule has 0 radical (unpaired) electrons. The third kappa shape index (κ3) is 4.21. The van der Waals surface area contributed by atoms with Gasteiger partial charge in [0.1, 0.15) is 12.7 Å². The topological polar surface area (TPSA) is 59.8 Å². The molecule has 0 unspecified atom stereocenters. The van der Waals surface area contributed by atoms with Gasteiger partial charge in [-0.15, -0.1) is 0 Å². The van der Waals surface area contributed by atoms with Crippen molar-refractivity contribution in [1.29, 1.82) is 0 Å². The number of aryl methyl sites for hydroxylation is 1. The molecule has 2 rings (SSSR count). The molecule has 1 N–H and O–H groups in total. The number of hydrogen-bond donors (Lipinski definition) is 1. The van der Waals surface area contributed by atoms with Crippen molar-refractivity contribution in [3.8, 4) is 0 Å². The summed E-state index contributed by atoms with van der Waals surface area (Å²) in [5.41, 5.74) is 1.24. The van der Waals surface area contributed by atoms with Gasteiger partial charge in [-0.25, -0.2) is 4.98 Å². The molecular weight excluding hydrogens is 240 g/mol. The SMILES string of the molecule is C[C@@H](CNC(=O)CCn1cncn1)c1ccccc1. The summed E-state index contributed by atoms with van der Waals surface area (Å²) in [5.74, 6) is 0.356. The van der Waals surface area contributed by atoms with E-state index in [1.807, 2.05) is 18.2 Å². The Balaban J connectivity index is 1.71. The van der Waals surface area contributed by atoms with Crippen LogP contribution >= 0.6 is 0 Å². The zero-order valence-electron chi connectivity index (χ0n) is 11.0. The average Bonchev–Trinajstić information content (AvgIpc) is 2.96. The first-order valence-electron chi connectivity index (χ1n) is 6.40. The fourth-order valence-corrected chi connectivity index (χ4v) is 1.82. The average molecular weight is 258 g/mol. The van der Waals surface area contributed by atoms with E-state index in [-0.39, 0.29) is 5.91 Å². The van der Waals surface area contributed by atoms with Crippen LogP contribution in [0.2, 0.25) is 0 Å². The number of nitrogens with one attached hydrogen (secondary N) is 1. The normalized spacial score (nSPS) is 12.1. The zero-order valence-corrected chi connectivity index (χ0v) is 11.0. The molecule has 1 aromatic heterocycles. The third-order valence-electron chi connectivity index (χ3n) is 3.01. The van der Waals surface area contributed by atoms with Crippen LogP contribution in [0.25, 0.3) is 0 Å². The number of carbonyl (C=O) groups is 1. The van der Waals surface area contributed by atoms with Gasteiger partial charge in [-0.3, -0.25) is 9.48 Å². The first-order chi connectivity index (χ1) is 9.25. The lowest BCUT2D eigenvalue weighted by atomic mass is 10.0. The Hall–Kier alpha value is -2.17. The van der Waals surface area contributed by atoms with Gasteiger partial charge in [0.05, 0.1) is 6.54 Å². The lowest BCUT2D eigenvalue weighted by Crippen LogP contribution is -2.28. The summed E-state index contributed by atoms with van der Waals surface area (Å²) < 4.78 is 1.65. The van der Waals surface area contributed by atoms with Crippen molar-refractivity contribution in [2.45, 2.75) is 25.8 Å². The monoisotopic (exact) mass is 258 g/mol. The largest absolute Gasteiger partial charge is 0.355 e. The number of aromatic nitrogens is 3. The molecule has 0 saturated heterocycles. The van der Waals surface area contributed by atoms with E-state index < -0.39 is 0 Å². The molecule has 0 aliphatic carbocycles. The van der Waals surface area contributed by atoms with Crippen LogP contribution in [-0.2, 0) is 11.3 Å². The van der Waals surface area contributed by atoms with E-state index in [9.17, 15) is 4.79 Å². The maximum atomic E-state index is 11.7. The lowest BCUT2D eigenvalue weighted by molar-refractivity contribution is -0.121. The highest BCUT2D eigenvalue weighted by atomic mass is 16.1. The summed E-state index contributed by atoms with van der Waals surface area (Å²) in [7, 11) is 0. The molecule has 19 heavy (non-hydrogen) atoms. The van der Waals surface area contributed by atoms with Gasteiger partial charge >= 0.3 is 0 Å². The van der Waals surface area contributed by atoms with E-state index >= 15 is 0 Å². The molecule has 5 nitrogen and oxygen atoms in total. The minimum absolute atomic E-state index is 0.0401. The van der Waals surface area contributed by atoms with Crippen molar-refractivity contribution in [2.24, 2.45) is 0 Å². The highest BCUT2D eigenvalue weighted by Gasteiger charge is 2.07. The zero-order chi connectivity index (χ0) is 13.5. The smallest absolute Gasteiger partial charge is 0.221 e.